The fraction of sp³-hybridized carbons (Fsp3) is 1.00. The molecule has 15 heavy (non-hydrogen) atoms. The average Bonchev–Trinajstić information content (AvgIpc) is 1.98. The second-order valence-electron chi connectivity index (χ2n) is 2.66. The van der Waals surface area contributed by atoms with Gasteiger partial charge in [-0.05, 0) is 0 Å². The van der Waals surface area contributed by atoms with Gasteiger partial charge in [-0.2, -0.15) is 28.6 Å². The van der Waals surface area contributed by atoms with Crippen LogP contribution < -0.4 is 0 Å². The lowest BCUT2D eigenvalue weighted by molar-refractivity contribution is 0.342. The lowest BCUT2D eigenvalue weighted by atomic mass is 10.9. The van der Waals surface area contributed by atoms with Crippen molar-refractivity contribution in [1.82, 2.24) is 0 Å². The Kier molecular flexibility index (Phi) is 6.76. The minimum absolute atomic E-state index is 0.0857. The molecule has 0 aliphatic carbocycles. The molecule has 0 atom stereocenters. The summed E-state index contributed by atoms with van der Waals surface area (Å²) in [7, 11) is -6.76. The molecule has 0 aromatic heterocycles. The summed E-state index contributed by atoms with van der Waals surface area (Å²) >= 11 is 1.36. The first-order valence-corrected chi connectivity index (χ1v) is 8.76. The van der Waals surface area contributed by atoms with Gasteiger partial charge >= 0.3 is 0 Å². The van der Waals surface area contributed by atoms with Crippen LogP contribution in [-0.2, 0) is 28.6 Å². The summed E-state index contributed by atoms with van der Waals surface area (Å²) < 4.78 is 51.0. The molecule has 0 aliphatic rings. The van der Waals surface area contributed by atoms with Crippen molar-refractivity contribution in [3.8, 4) is 0 Å². The van der Waals surface area contributed by atoms with E-state index in [1.54, 1.807) is 0 Å². The molecule has 0 spiro atoms. The van der Waals surface area contributed by atoms with E-state index in [4.69, 9.17) is 0 Å². The molecule has 6 nitrogen and oxygen atoms in total. The fourth-order valence-corrected chi connectivity index (χ4v) is 2.18. The Labute approximate surface area is 94.6 Å². The Bertz CT molecular complexity index is 320. The van der Waals surface area contributed by atoms with Gasteiger partial charge in [0.2, 0.25) is 0 Å². The van der Waals surface area contributed by atoms with Crippen molar-refractivity contribution in [2.75, 3.05) is 37.2 Å². The highest BCUT2D eigenvalue weighted by molar-refractivity contribution is 7.99. The summed E-state index contributed by atoms with van der Waals surface area (Å²) in [6, 6.07) is 0. The third-order valence-electron chi connectivity index (χ3n) is 1.05. The highest BCUT2D eigenvalue weighted by Gasteiger charge is 2.02. The van der Waals surface area contributed by atoms with Crippen molar-refractivity contribution >= 4 is 32.0 Å². The largest absolute Gasteiger partial charge is 0.269 e. The van der Waals surface area contributed by atoms with Gasteiger partial charge in [-0.1, -0.05) is 0 Å². The van der Waals surface area contributed by atoms with Crippen LogP contribution >= 0.6 is 11.8 Å². The minimum Gasteiger partial charge on any atom is -0.269 e. The second-order valence-corrected chi connectivity index (χ2v) is 7.18. The van der Waals surface area contributed by atoms with Gasteiger partial charge in [-0.3, -0.25) is 8.37 Å². The van der Waals surface area contributed by atoms with Crippen LogP contribution in [0.1, 0.15) is 0 Å². The minimum atomic E-state index is -3.38. The molecule has 0 aromatic rings. The molecule has 0 unspecified atom stereocenters. The van der Waals surface area contributed by atoms with E-state index in [2.05, 4.69) is 8.37 Å². The van der Waals surface area contributed by atoms with Crippen molar-refractivity contribution in [3.63, 3.8) is 0 Å². The molecule has 9 heteroatoms. The third-order valence-corrected chi connectivity index (χ3v) is 3.15. The normalized spacial score (nSPS) is 12.9. The van der Waals surface area contributed by atoms with E-state index < -0.39 is 20.2 Å². The Morgan fingerprint density at radius 2 is 1.20 bits per heavy atom. The second kappa shape index (κ2) is 6.69. The summed E-state index contributed by atoms with van der Waals surface area (Å²) in [5.74, 6) is 0.945. The fourth-order valence-electron chi connectivity index (χ4n) is 0.591. The first-order chi connectivity index (χ1) is 6.71. The van der Waals surface area contributed by atoms with E-state index in [1.807, 2.05) is 0 Å². The zero-order chi connectivity index (χ0) is 11.9. The summed E-state index contributed by atoms with van der Waals surface area (Å²) in [4.78, 5) is 0. The standard InChI is InChI=1S/C6H14O6S3/c1-14(7,8)11-3-5-13-6-4-12-15(2,9)10/h3-6H2,1-2H3. The van der Waals surface area contributed by atoms with Crippen molar-refractivity contribution in [1.29, 1.82) is 0 Å². The maximum absolute atomic E-state index is 10.5. The van der Waals surface area contributed by atoms with Crippen LogP contribution in [-0.4, -0.2) is 54.1 Å². The van der Waals surface area contributed by atoms with Crippen molar-refractivity contribution in [2.24, 2.45) is 0 Å². The van der Waals surface area contributed by atoms with Gasteiger partial charge in [0, 0.05) is 11.5 Å². The SMILES string of the molecule is CS(=O)(=O)OCCSCCOS(C)(=O)=O. The van der Waals surface area contributed by atoms with E-state index in [-0.39, 0.29) is 13.2 Å². The van der Waals surface area contributed by atoms with Crippen molar-refractivity contribution < 1.29 is 25.2 Å². The quantitative estimate of drug-likeness (QED) is 0.444. The number of thioether (sulfide) groups is 1. The van der Waals surface area contributed by atoms with Gasteiger partial charge in [0.1, 0.15) is 0 Å². The summed E-state index contributed by atoms with van der Waals surface area (Å²) in [6.07, 6.45) is 1.95. The Balaban J connectivity index is 3.34. The molecule has 0 fully saturated rings. The van der Waals surface area contributed by atoms with Gasteiger partial charge < -0.3 is 0 Å². The van der Waals surface area contributed by atoms with Gasteiger partial charge in [0.15, 0.2) is 0 Å². The Morgan fingerprint density at radius 3 is 1.47 bits per heavy atom. The lowest BCUT2D eigenvalue weighted by Gasteiger charge is -2.02. The Hall–Kier alpha value is 0.170. The van der Waals surface area contributed by atoms with E-state index in [0.29, 0.717) is 11.5 Å². The first kappa shape index (κ1) is 15.2. The van der Waals surface area contributed by atoms with E-state index in [1.165, 1.54) is 11.8 Å². The van der Waals surface area contributed by atoms with Crippen LogP contribution in [0.25, 0.3) is 0 Å². The molecule has 0 radical (unpaired) electrons. The van der Waals surface area contributed by atoms with Gasteiger partial charge in [0.05, 0.1) is 25.7 Å². The number of hydrogen-bond acceptors (Lipinski definition) is 7. The van der Waals surface area contributed by atoms with Crippen LogP contribution in [0.5, 0.6) is 0 Å². The molecular formula is C6H14O6S3. The summed E-state index contributed by atoms with van der Waals surface area (Å²) in [6.45, 7) is 0.171. The highest BCUT2D eigenvalue weighted by Crippen LogP contribution is 2.01. The summed E-state index contributed by atoms with van der Waals surface area (Å²) in [5.41, 5.74) is 0. The van der Waals surface area contributed by atoms with Crippen LogP contribution in [0, 0.1) is 0 Å². The Morgan fingerprint density at radius 1 is 0.867 bits per heavy atom. The number of hydrogen-bond donors (Lipinski definition) is 0. The number of rotatable bonds is 8. The monoisotopic (exact) mass is 278 g/mol. The molecule has 0 bridgehead atoms. The van der Waals surface area contributed by atoms with Crippen molar-refractivity contribution in [3.05, 3.63) is 0 Å². The van der Waals surface area contributed by atoms with Gasteiger partial charge in [-0.25, -0.2) is 0 Å². The maximum atomic E-state index is 10.5. The molecule has 0 saturated heterocycles. The predicted octanol–water partition coefficient (Wildman–Crippen LogP) is -0.328. The van der Waals surface area contributed by atoms with Crippen LogP contribution in [0.4, 0.5) is 0 Å². The molecular weight excluding hydrogens is 264 g/mol. The average molecular weight is 278 g/mol. The van der Waals surface area contributed by atoms with Crippen LogP contribution in [0.3, 0.4) is 0 Å². The van der Waals surface area contributed by atoms with E-state index >= 15 is 0 Å². The van der Waals surface area contributed by atoms with Crippen LogP contribution in [0.15, 0.2) is 0 Å². The van der Waals surface area contributed by atoms with Crippen LogP contribution in [0.2, 0.25) is 0 Å². The molecule has 0 rings (SSSR count). The van der Waals surface area contributed by atoms with Crippen molar-refractivity contribution in [2.45, 2.75) is 0 Å². The molecule has 0 aromatic carbocycles. The van der Waals surface area contributed by atoms with E-state index in [9.17, 15) is 16.8 Å². The van der Waals surface area contributed by atoms with Gasteiger partial charge in [0.25, 0.3) is 20.2 Å². The molecule has 92 valence electrons. The predicted molar refractivity (Wildman–Crippen MR) is 58.9 cm³/mol. The van der Waals surface area contributed by atoms with Gasteiger partial charge in [-0.15, -0.1) is 0 Å². The smallest absolute Gasteiger partial charge is 0.264 e. The molecule has 0 amide bonds. The topological polar surface area (TPSA) is 86.7 Å². The molecule has 0 aliphatic heterocycles. The molecule has 0 N–H and O–H groups in total. The maximum Gasteiger partial charge on any atom is 0.264 e. The van der Waals surface area contributed by atoms with E-state index in [0.717, 1.165) is 12.5 Å². The molecule has 0 saturated carbocycles. The first-order valence-electron chi connectivity index (χ1n) is 3.97. The lowest BCUT2D eigenvalue weighted by Crippen LogP contribution is -2.08. The molecule has 0 heterocycles. The summed E-state index contributed by atoms with van der Waals surface area (Å²) in [5, 5.41) is 0. The zero-order valence-corrected chi connectivity index (χ0v) is 11.0. The zero-order valence-electron chi connectivity index (χ0n) is 8.50. The third kappa shape index (κ3) is 14.2. The highest BCUT2D eigenvalue weighted by atomic mass is 32.2.